The average Bonchev–Trinajstić information content (AvgIpc) is 3.12. The molecule has 7 nitrogen and oxygen atoms in total. The lowest BCUT2D eigenvalue weighted by molar-refractivity contribution is 0.0129. The number of amides is 1. The number of halogens is 1. The fourth-order valence-electron chi connectivity index (χ4n) is 7.64. The molecule has 43 heavy (non-hydrogen) atoms. The Morgan fingerprint density at radius 1 is 1.09 bits per heavy atom. The van der Waals surface area contributed by atoms with Crippen molar-refractivity contribution in [1.82, 2.24) is 4.72 Å². The lowest BCUT2D eigenvalue weighted by Crippen LogP contribution is -2.49. The van der Waals surface area contributed by atoms with Gasteiger partial charge in [0, 0.05) is 36.2 Å². The molecule has 1 N–H and O–H groups in total. The molecule has 7 atom stereocenters. The minimum absolute atomic E-state index is 0.0147. The monoisotopic (exact) mass is 626 g/mol. The molecule has 1 spiro atoms. The van der Waals surface area contributed by atoms with Crippen molar-refractivity contribution < 1.29 is 22.7 Å². The number of hydrogen-bond acceptors (Lipinski definition) is 6. The number of carbonyl (C=O) groups excluding carboxylic acids is 1. The van der Waals surface area contributed by atoms with Gasteiger partial charge in [0.2, 0.25) is 10.0 Å². The molecule has 2 heterocycles. The minimum Gasteiger partial charge on any atom is -0.490 e. The summed E-state index contributed by atoms with van der Waals surface area (Å²) in [5, 5.41) is -0.0138. The molecule has 6 rings (SSSR count). The molecule has 2 aromatic carbocycles. The van der Waals surface area contributed by atoms with Crippen molar-refractivity contribution in [3.05, 3.63) is 70.3 Å². The highest BCUT2D eigenvalue weighted by Crippen LogP contribution is 2.47. The van der Waals surface area contributed by atoms with Gasteiger partial charge in [-0.3, -0.25) is 4.79 Å². The fourth-order valence-corrected chi connectivity index (χ4v) is 9.21. The summed E-state index contributed by atoms with van der Waals surface area (Å²) in [5.41, 5.74) is 3.47. The normalized spacial score (nSPS) is 34.5. The predicted octanol–water partition coefficient (Wildman–Crippen LogP) is 6.14. The van der Waals surface area contributed by atoms with Crippen molar-refractivity contribution in [1.29, 1.82) is 0 Å². The van der Waals surface area contributed by atoms with E-state index < -0.39 is 21.2 Å². The fraction of sp³-hybridized carbons (Fsp3) is 0.559. The van der Waals surface area contributed by atoms with E-state index in [1.54, 1.807) is 20.1 Å². The second kappa shape index (κ2) is 11.8. The number of methoxy groups -OCH3 is 1. The van der Waals surface area contributed by atoms with Crippen LogP contribution in [0.4, 0.5) is 5.69 Å². The van der Waals surface area contributed by atoms with Gasteiger partial charge >= 0.3 is 0 Å². The summed E-state index contributed by atoms with van der Waals surface area (Å²) >= 11 is 6.41. The van der Waals surface area contributed by atoms with Crippen molar-refractivity contribution in [3.63, 3.8) is 0 Å². The van der Waals surface area contributed by atoms with Crippen molar-refractivity contribution in [2.24, 2.45) is 23.7 Å². The zero-order valence-corrected chi connectivity index (χ0v) is 27.1. The van der Waals surface area contributed by atoms with Crippen LogP contribution < -0.4 is 14.4 Å². The number of hydrogen-bond donors (Lipinski definition) is 1. The van der Waals surface area contributed by atoms with Gasteiger partial charge in [0.05, 0.1) is 23.6 Å². The zero-order valence-electron chi connectivity index (χ0n) is 25.5. The van der Waals surface area contributed by atoms with Gasteiger partial charge in [0.15, 0.2) is 0 Å². The number of ether oxygens (including phenoxy) is 2. The molecule has 232 valence electrons. The topological polar surface area (TPSA) is 84.9 Å². The van der Waals surface area contributed by atoms with E-state index in [1.807, 2.05) is 32.0 Å². The number of nitrogens with one attached hydrogen (secondary N) is 1. The smallest absolute Gasteiger partial charge is 0.264 e. The molecule has 9 heteroatoms. The third-order valence-electron chi connectivity index (χ3n) is 10.8. The number of allylic oxidation sites excluding steroid dienone is 1. The Morgan fingerprint density at radius 2 is 1.91 bits per heavy atom. The molecule has 1 fully saturated rings. The largest absolute Gasteiger partial charge is 0.490 e. The molecule has 1 saturated carbocycles. The molecular weight excluding hydrogens is 584 g/mol. The van der Waals surface area contributed by atoms with Crippen LogP contribution in [0.3, 0.4) is 0 Å². The van der Waals surface area contributed by atoms with E-state index >= 15 is 0 Å². The average molecular weight is 627 g/mol. The number of aryl methyl sites for hydroxylation is 1. The highest BCUT2D eigenvalue weighted by molar-refractivity contribution is 7.90. The minimum atomic E-state index is -3.92. The van der Waals surface area contributed by atoms with Crippen molar-refractivity contribution >= 4 is 33.2 Å². The van der Waals surface area contributed by atoms with Crippen molar-refractivity contribution in [2.75, 3.05) is 31.7 Å². The van der Waals surface area contributed by atoms with Gasteiger partial charge in [-0.25, -0.2) is 13.1 Å². The summed E-state index contributed by atoms with van der Waals surface area (Å²) in [6.45, 7) is 7.68. The van der Waals surface area contributed by atoms with Gasteiger partial charge in [0.1, 0.15) is 5.75 Å². The first-order valence-electron chi connectivity index (χ1n) is 15.6. The second-order valence-corrected chi connectivity index (χ2v) is 15.7. The zero-order chi connectivity index (χ0) is 30.5. The van der Waals surface area contributed by atoms with Crippen LogP contribution in [-0.4, -0.2) is 52.5 Å². The van der Waals surface area contributed by atoms with Crippen molar-refractivity contribution in [3.8, 4) is 5.75 Å². The number of fused-ring (bicyclic) bond motifs is 4. The van der Waals surface area contributed by atoms with Gasteiger partial charge in [-0.15, -0.1) is 0 Å². The van der Waals surface area contributed by atoms with Crippen LogP contribution in [0.25, 0.3) is 0 Å². The Labute approximate surface area is 261 Å². The number of carbonyl (C=O) groups is 1. The van der Waals surface area contributed by atoms with Gasteiger partial charge in [-0.05, 0) is 104 Å². The van der Waals surface area contributed by atoms with E-state index in [4.69, 9.17) is 21.1 Å². The quantitative estimate of drug-likeness (QED) is 0.383. The Morgan fingerprint density at radius 3 is 2.65 bits per heavy atom. The number of nitrogens with zero attached hydrogens (tertiary/aromatic N) is 1. The van der Waals surface area contributed by atoms with E-state index in [1.165, 1.54) is 11.1 Å². The van der Waals surface area contributed by atoms with Gasteiger partial charge in [-0.1, -0.05) is 43.7 Å². The first kappa shape index (κ1) is 30.5. The summed E-state index contributed by atoms with van der Waals surface area (Å²) < 4.78 is 41.7. The maximum absolute atomic E-state index is 13.4. The maximum atomic E-state index is 13.4. The summed E-state index contributed by atoms with van der Waals surface area (Å²) in [6.07, 6.45) is 9.38. The lowest BCUT2D eigenvalue weighted by atomic mass is 9.68. The summed E-state index contributed by atoms with van der Waals surface area (Å²) in [4.78, 5) is 15.8. The summed E-state index contributed by atoms with van der Waals surface area (Å²) in [6, 6.07) is 11.5. The summed E-state index contributed by atoms with van der Waals surface area (Å²) in [5.74, 6) is 0.639. The number of benzene rings is 2. The molecule has 2 aliphatic heterocycles. The number of rotatable bonds is 1. The lowest BCUT2D eigenvalue weighted by Gasteiger charge is -2.46. The van der Waals surface area contributed by atoms with Crippen LogP contribution in [-0.2, 0) is 26.6 Å². The van der Waals surface area contributed by atoms with E-state index in [-0.39, 0.29) is 23.4 Å². The molecule has 0 aromatic heterocycles. The number of sulfonamides is 1. The molecule has 1 amide bonds. The third-order valence-corrected chi connectivity index (χ3v) is 12.9. The van der Waals surface area contributed by atoms with E-state index in [0.29, 0.717) is 29.8 Å². The second-order valence-electron chi connectivity index (χ2n) is 13.3. The van der Waals surface area contributed by atoms with Gasteiger partial charge in [-0.2, -0.15) is 0 Å². The van der Waals surface area contributed by atoms with E-state index in [0.717, 1.165) is 55.9 Å². The molecule has 0 unspecified atom stereocenters. The molecule has 0 saturated heterocycles. The number of anilines is 1. The molecule has 2 aliphatic carbocycles. The van der Waals surface area contributed by atoms with Gasteiger partial charge < -0.3 is 14.4 Å². The maximum Gasteiger partial charge on any atom is 0.264 e. The van der Waals surface area contributed by atoms with Crippen LogP contribution in [0.1, 0.15) is 67.9 Å². The van der Waals surface area contributed by atoms with Crippen LogP contribution in [0.5, 0.6) is 5.75 Å². The van der Waals surface area contributed by atoms with Gasteiger partial charge in [0.25, 0.3) is 5.91 Å². The Bertz CT molecular complexity index is 1530. The first-order valence-corrected chi connectivity index (χ1v) is 17.5. The highest BCUT2D eigenvalue weighted by atomic mass is 35.5. The first-order chi connectivity index (χ1) is 20.5. The van der Waals surface area contributed by atoms with Crippen LogP contribution in [0.2, 0.25) is 5.02 Å². The Balaban J connectivity index is 1.44. The summed E-state index contributed by atoms with van der Waals surface area (Å²) in [7, 11) is -2.15. The standard InChI is InChI=1S/C34H43ClN2O5S/c1-21-7-13-31(41-4)28-11-8-26(28)18-37-19-34(15-5-6-24-16-27(35)10-12-29(24)34)20-42-32-14-9-25(17-30(32)37)33(38)36-43(39,40)23(3)22(21)2/h7,9-10,12-14,16-17,21-23,26,28,31H,5-6,8,11,15,18-20H2,1-4H3,(H,36,38)/b13-7-/t21-,22+,23-,26+,28-,31+,34+/m1/s1. The molecule has 4 aliphatic rings. The Hall–Kier alpha value is -2.55. The van der Waals surface area contributed by atoms with E-state index in [9.17, 15) is 13.2 Å². The predicted molar refractivity (Wildman–Crippen MR) is 171 cm³/mol. The van der Waals surface area contributed by atoms with Crippen LogP contribution in [0.15, 0.2) is 48.6 Å². The molecule has 0 radical (unpaired) electrons. The van der Waals surface area contributed by atoms with E-state index in [2.05, 4.69) is 33.9 Å². The SMILES string of the molecule is CO[C@H]1/C=C\[C@@H](C)[C@H](C)[C@@H](C)S(=O)(=O)NC(=O)c2ccc3c(c2)N(C[C@@H]2CC[C@H]21)C[C@@]1(CCCc2cc(Cl)ccc21)CO3. The molecule has 2 aromatic rings. The molecular formula is C34H43ClN2O5S. The molecule has 2 bridgehead atoms. The van der Waals surface area contributed by atoms with Crippen LogP contribution >= 0.6 is 11.6 Å². The highest BCUT2D eigenvalue weighted by Gasteiger charge is 2.44. The van der Waals surface area contributed by atoms with Crippen molar-refractivity contribution in [2.45, 2.75) is 69.6 Å². The van der Waals surface area contributed by atoms with Crippen LogP contribution in [0, 0.1) is 23.7 Å². The Kier molecular flexibility index (Phi) is 8.33. The third kappa shape index (κ3) is 5.71.